The summed E-state index contributed by atoms with van der Waals surface area (Å²) in [5.41, 5.74) is 3.23. The molecular weight excluding hydrogens is 282 g/mol. The fraction of sp³-hybridized carbons (Fsp3) is 0.294. The van der Waals surface area contributed by atoms with Gasteiger partial charge in [0.15, 0.2) is 5.76 Å². The van der Waals surface area contributed by atoms with E-state index in [1.807, 2.05) is 19.1 Å². The van der Waals surface area contributed by atoms with E-state index in [4.69, 9.17) is 9.52 Å². The van der Waals surface area contributed by atoms with Gasteiger partial charge in [-0.15, -0.1) is 0 Å². The third-order valence-corrected chi connectivity index (χ3v) is 3.95. The number of rotatable bonds is 3. The minimum atomic E-state index is -1.07. The molecule has 1 aromatic heterocycles. The maximum absolute atomic E-state index is 12.6. The quantitative estimate of drug-likeness (QED) is 0.945. The van der Waals surface area contributed by atoms with Crippen molar-refractivity contribution in [1.29, 1.82) is 0 Å². The van der Waals surface area contributed by atoms with E-state index >= 15 is 0 Å². The number of carbonyl (C=O) groups is 2. The molecule has 114 valence electrons. The molecule has 0 fully saturated rings. The summed E-state index contributed by atoms with van der Waals surface area (Å²) in [6.45, 7) is 4.40. The lowest BCUT2D eigenvalue weighted by Crippen LogP contribution is -2.28. The van der Waals surface area contributed by atoms with Crippen molar-refractivity contribution in [2.24, 2.45) is 0 Å². The molecule has 0 radical (unpaired) electrons. The van der Waals surface area contributed by atoms with Gasteiger partial charge in [0.2, 0.25) is 0 Å². The van der Waals surface area contributed by atoms with Crippen molar-refractivity contribution in [3.63, 3.8) is 0 Å². The highest BCUT2D eigenvalue weighted by atomic mass is 16.4. The zero-order valence-electron chi connectivity index (χ0n) is 12.5. The van der Waals surface area contributed by atoms with Crippen LogP contribution in [0.5, 0.6) is 0 Å². The molecule has 5 heteroatoms. The number of hydrogen-bond donors (Lipinski definition) is 1. The fourth-order valence-electron chi connectivity index (χ4n) is 2.85. The van der Waals surface area contributed by atoms with Crippen LogP contribution in [0.4, 0.5) is 5.69 Å². The molecule has 1 aromatic carbocycles. The van der Waals surface area contributed by atoms with Crippen LogP contribution in [0.2, 0.25) is 0 Å². The fourth-order valence-corrected chi connectivity index (χ4v) is 2.85. The van der Waals surface area contributed by atoms with E-state index < -0.39 is 5.97 Å². The number of nitrogens with zero attached hydrogens (tertiary/aromatic N) is 1. The summed E-state index contributed by atoms with van der Waals surface area (Å²) in [5, 5.41) is 9.16. The molecule has 0 unspecified atom stereocenters. The zero-order chi connectivity index (χ0) is 15.9. The van der Waals surface area contributed by atoms with Crippen LogP contribution < -0.4 is 4.90 Å². The second-order valence-corrected chi connectivity index (χ2v) is 5.45. The second-order valence-electron chi connectivity index (χ2n) is 5.45. The van der Waals surface area contributed by atoms with E-state index in [0.29, 0.717) is 18.7 Å². The number of carbonyl (C=O) groups excluding carboxylic acids is 1. The first kappa shape index (κ1) is 14.4. The molecule has 0 bridgehead atoms. The van der Waals surface area contributed by atoms with Crippen molar-refractivity contribution in [2.45, 2.75) is 26.7 Å². The van der Waals surface area contributed by atoms with Gasteiger partial charge in [0.25, 0.3) is 5.91 Å². The van der Waals surface area contributed by atoms with Crippen LogP contribution in [0.25, 0.3) is 0 Å². The van der Waals surface area contributed by atoms with Gasteiger partial charge in [-0.05, 0) is 25.0 Å². The smallest absolute Gasteiger partial charge is 0.339 e. The van der Waals surface area contributed by atoms with Crippen molar-refractivity contribution in [3.8, 4) is 0 Å². The maximum atomic E-state index is 12.6. The van der Waals surface area contributed by atoms with Crippen molar-refractivity contribution in [1.82, 2.24) is 0 Å². The van der Waals surface area contributed by atoms with Crippen molar-refractivity contribution >= 4 is 17.6 Å². The summed E-state index contributed by atoms with van der Waals surface area (Å²) < 4.78 is 5.47. The summed E-state index contributed by atoms with van der Waals surface area (Å²) >= 11 is 0. The summed E-state index contributed by atoms with van der Waals surface area (Å²) in [5.74, 6) is -0.941. The predicted octanol–water partition coefficient (Wildman–Crippen LogP) is 3.05. The van der Waals surface area contributed by atoms with Gasteiger partial charge in [-0.25, -0.2) is 4.79 Å². The number of furan rings is 1. The summed E-state index contributed by atoms with van der Waals surface area (Å²) in [6.07, 6.45) is 1.24. The van der Waals surface area contributed by atoms with Crippen molar-refractivity contribution < 1.29 is 19.1 Å². The predicted molar refractivity (Wildman–Crippen MR) is 81.6 cm³/mol. The molecule has 5 nitrogen and oxygen atoms in total. The van der Waals surface area contributed by atoms with E-state index in [-0.39, 0.29) is 17.2 Å². The Kier molecular flexibility index (Phi) is 3.48. The zero-order valence-corrected chi connectivity index (χ0v) is 12.5. The second kappa shape index (κ2) is 5.33. The normalized spacial score (nSPS) is 13.3. The number of aromatic carboxylic acids is 1. The van der Waals surface area contributed by atoms with Crippen LogP contribution >= 0.6 is 0 Å². The van der Waals surface area contributed by atoms with Crippen LogP contribution in [0.3, 0.4) is 0 Å². The Bertz CT molecular complexity index is 760. The van der Waals surface area contributed by atoms with Crippen molar-refractivity contribution in [3.05, 3.63) is 52.5 Å². The number of amides is 1. The van der Waals surface area contributed by atoms with Gasteiger partial charge in [0.1, 0.15) is 11.3 Å². The molecule has 22 heavy (non-hydrogen) atoms. The van der Waals surface area contributed by atoms with E-state index in [1.165, 1.54) is 6.07 Å². The molecule has 2 aromatic rings. The van der Waals surface area contributed by atoms with Gasteiger partial charge < -0.3 is 14.4 Å². The minimum Gasteiger partial charge on any atom is -0.478 e. The number of hydrogen-bond acceptors (Lipinski definition) is 3. The van der Waals surface area contributed by atoms with Gasteiger partial charge in [0.05, 0.1) is 0 Å². The Morgan fingerprint density at radius 2 is 2.09 bits per heavy atom. The molecule has 0 saturated heterocycles. The van der Waals surface area contributed by atoms with Crippen LogP contribution in [-0.2, 0) is 12.8 Å². The number of carboxylic acids is 1. The van der Waals surface area contributed by atoms with E-state index in [9.17, 15) is 9.59 Å². The van der Waals surface area contributed by atoms with Crippen LogP contribution in [0, 0.1) is 6.92 Å². The average molecular weight is 299 g/mol. The topological polar surface area (TPSA) is 70.8 Å². The Labute approximate surface area is 128 Å². The Hall–Kier alpha value is -2.56. The van der Waals surface area contributed by atoms with Gasteiger partial charge in [-0.2, -0.15) is 0 Å². The Morgan fingerprint density at radius 3 is 2.73 bits per heavy atom. The molecule has 3 rings (SSSR count). The van der Waals surface area contributed by atoms with Gasteiger partial charge in [-0.3, -0.25) is 4.79 Å². The molecule has 1 aliphatic heterocycles. The largest absolute Gasteiger partial charge is 0.478 e. The lowest BCUT2D eigenvalue weighted by atomic mass is 10.1. The van der Waals surface area contributed by atoms with Crippen molar-refractivity contribution in [2.75, 3.05) is 11.4 Å². The Balaban J connectivity index is 1.95. The lowest BCUT2D eigenvalue weighted by molar-refractivity contribution is 0.0694. The van der Waals surface area contributed by atoms with Gasteiger partial charge in [0, 0.05) is 24.7 Å². The van der Waals surface area contributed by atoms with E-state index in [0.717, 1.165) is 23.2 Å². The number of carboxylic acid groups (broad SMARTS) is 1. The molecule has 0 atom stereocenters. The van der Waals surface area contributed by atoms with Crippen LogP contribution in [0.15, 0.2) is 28.7 Å². The third kappa shape index (κ3) is 2.28. The number of aryl methyl sites for hydroxylation is 2. The van der Waals surface area contributed by atoms with Crippen LogP contribution in [0.1, 0.15) is 44.7 Å². The minimum absolute atomic E-state index is 0.0641. The molecule has 0 saturated carbocycles. The first-order chi connectivity index (χ1) is 10.5. The molecular formula is C17H17NO4. The summed E-state index contributed by atoms with van der Waals surface area (Å²) in [6, 6.07) is 7.30. The van der Waals surface area contributed by atoms with Gasteiger partial charge >= 0.3 is 5.97 Å². The molecule has 2 heterocycles. The van der Waals surface area contributed by atoms with E-state index in [1.54, 1.807) is 11.8 Å². The molecule has 1 aliphatic rings. The number of benzene rings is 1. The molecule has 1 N–H and O–H groups in total. The first-order valence-corrected chi connectivity index (χ1v) is 7.28. The SMILES string of the molecule is CCc1oc(C(=O)N2CCc3cc(C)ccc32)cc1C(=O)O. The average Bonchev–Trinajstić information content (AvgIpc) is 3.09. The monoisotopic (exact) mass is 299 g/mol. The highest BCUT2D eigenvalue weighted by Gasteiger charge is 2.29. The Morgan fingerprint density at radius 1 is 1.32 bits per heavy atom. The lowest BCUT2D eigenvalue weighted by Gasteiger charge is -2.15. The standard InChI is InChI=1S/C17H17NO4/c1-3-14-12(17(20)21)9-15(22-14)16(19)18-7-6-11-8-10(2)4-5-13(11)18/h4-5,8-9H,3,6-7H2,1-2H3,(H,20,21). The van der Waals surface area contributed by atoms with Gasteiger partial charge in [-0.1, -0.05) is 24.6 Å². The summed E-state index contributed by atoms with van der Waals surface area (Å²) in [7, 11) is 0. The summed E-state index contributed by atoms with van der Waals surface area (Å²) in [4.78, 5) is 25.5. The number of anilines is 1. The highest BCUT2D eigenvalue weighted by Crippen LogP contribution is 2.30. The van der Waals surface area contributed by atoms with Crippen LogP contribution in [-0.4, -0.2) is 23.5 Å². The molecule has 0 aliphatic carbocycles. The molecule has 0 spiro atoms. The van der Waals surface area contributed by atoms with E-state index in [2.05, 4.69) is 6.07 Å². The third-order valence-electron chi connectivity index (χ3n) is 3.95. The molecule has 1 amide bonds. The first-order valence-electron chi connectivity index (χ1n) is 7.28. The maximum Gasteiger partial charge on any atom is 0.339 e. The number of fused-ring (bicyclic) bond motifs is 1. The highest BCUT2D eigenvalue weighted by molar-refractivity contribution is 6.06.